The van der Waals surface area contributed by atoms with E-state index in [4.69, 9.17) is 4.74 Å². The van der Waals surface area contributed by atoms with Gasteiger partial charge in [-0.2, -0.15) is 0 Å². The number of nitrogens with one attached hydrogen (secondary N) is 1. The number of hydrogen-bond donors (Lipinski definition) is 1. The van der Waals surface area contributed by atoms with Gasteiger partial charge in [0.05, 0.1) is 17.7 Å². The Kier molecular flexibility index (Phi) is 6.70. The number of ether oxygens (including phenoxy) is 1. The summed E-state index contributed by atoms with van der Waals surface area (Å²) in [6.45, 7) is 3.73. The number of nitrogens with zero attached hydrogens (tertiary/aromatic N) is 1. The van der Waals surface area contributed by atoms with Gasteiger partial charge in [0.15, 0.2) is 0 Å². The van der Waals surface area contributed by atoms with Gasteiger partial charge in [0.2, 0.25) is 5.91 Å². The van der Waals surface area contributed by atoms with Crippen molar-refractivity contribution in [2.45, 2.75) is 44.9 Å². The minimum absolute atomic E-state index is 0.0735. The molecule has 2 aromatic carbocycles. The van der Waals surface area contributed by atoms with Gasteiger partial charge >= 0.3 is 0 Å². The lowest BCUT2D eigenvalue weighted by molar-refractivity contribution is -0.125. The molecule has 1 aliphatic rings. The fraction of sp³-hybridized carbons (Fsp3) is 0.333. The number of rotatable bonds is 1. The van der Waals surface area contributed by atoms with Crippen molar-refractivity contribution in [1.29, 1.82) is 0 Å². The summed E-state index contributed by atoms with van der Waals surface area (Å²) in [6.07, 6.45) is 5.46. The van der Waals surface area contributed by atoms with Crippen molar-refractivity contribution in [3.63, 3.8) is 0 Å². The van der Waals surface area contributed by atoms with E-state index in [-0.39, 0.29) is 24.0 Å². The van der Waals surface area contributed by atoms with Gasteiger partial charge in [-0.15, -0.1) is 0 Å². The zero-order valence-electron chi connectivity index (χ0n) is 17.2. The Bertz CT molecular complexity index is 879. The van der Waals surface area contributed by atoms with E-state index in [2.05, 4.69) is 17.5 Å². The van der Waals surface area contributed by atoms with Gasteiger partial charge in [-0.25, -0.2) is 0 Å². The molecule has 0 aromatic heterocycles. The number of fused-ring (bicyclic) bond motifs is 1. The first-order chi connectivity index (χ1) is 14.0. The van der Waals surface area contributed by atoms with E-state index in [0.29, 0.717) is 24.2 Å². The number of likely N-dealkylation sites (N-methyl/N-ethyl adjacent to an activating group) is 1. The fourth-order valence-electron chi connectivity index (χ4n) is 3.33. The van der Waals surface area contributed by atoms with E-state index in [1.807, 2.05) is 43.3 Å². The van der Waals surface area contributed by atoms with Gasteiger partial charge in [-0.3, -0.25) is 9.59 Å². The third-order valence-corrected chi connectivity index (χ3v) is 5.25. The minimum atomic E-state index is -0.619. The summed E-state index contributed by atoms with van der Waals surface area (Å²) in [6, 6.07) is 16.3. The molecule has 0 fully saturated rings. The average Bonchev–Trinajstić information content (AvgIpc) is 2.74. The summed E-state index contributed by atoms with van der Waals surface area (Å²) in [7, 11) is 1.65. The number of para-hydroxylation sites is 1. The van der Waals surface area contributed by atoms with Crippen LogP contribution in [0.5, 0.6) is 5.75 Å². The molecule has 1 heterocycles. The summed E-state index contributed by atoms with van der Waals surface area (Å²) >= 11 is 0. The highest BCUT2D eigenvalue weighted by Gasteiger charge is 2.27. The molecule has 1 N–H and O–H groups in total. The lowest BCUT2D eigenvalue weighted by Gasteiger charge is -2.28. The molecule has 0 bridgehead atoms. The highest BCUT2D eigenvalue weighted by molar-refractivity contribution is 5.99. The topological polar surface area (TPSA) is 58.6 Å². The molecule has 29 heavy (non-hydrogen) atoms. The molecule has 0 unspecified atom stereocenters. The van der Waals surface area contributed by atoms with E-state index in [0.717, 1.165) is 5.56 Å². The Hall–Kier alpha value is -3.08. The number of benzene rings is 2. The second-order valence-electron chi connectivity index (χ2n) is 7.43. The van der Waals surface area contributed by atoms with Gasteiger partial charge in [0, 0.05) is 13.5 Å². The van der Waals surface area contributed by atoms with Gasteiger partial charge in [-0.05, 0) is 38.0 Å². The van der Waals surface area contributed by atoms with E-state index >= 15 is 0 Å². The molecule has 0 radical (unpaired) electrons. The maximum absolute atomic E-state index is 13.1. The number of amides is 2. The van der Waals surface area contributed by atoms with Crippen LogP contribution in [0.2, 0.25) is 0 Å². The summed E-state index contributed by atoms with van der Waals surface area (Å²) < 4.78 is 6.03. The third-order valence-electron chi connectivity index (χ3n) is 5.25. The number of hydrogen-bond acceptors (Lipinski definition) is 3. The van der Waals surface area contributed by atoms with Crippen LogP contribution in [0.25, 0.3) is 0 Å². The first-order valence-electron chi connectivity index (χ1n) is 10.0. The van der Waals surface area contributed by atoms with Crippen LogP contribution in [0, 0.1) is 0 Å². The normalized spacial score (nSPS) is 24.7. The lowest BCUT2D eigenvalue weighted by Crippen LogP contribution is -2.47. The molecule has 5 heteroatoms. The van der Waals surface area contributed by atoms with Gasteiger partial charge in [0.25, 0.3) is 5.91 Å². The Labute approximate surface area is 172 Å². The van der Waals surface area contributed by atoms with Crippen LogP contribution >= 0.6 is 0 Å². The van der Waals surface area contributed by atoms with Crippen molar-refractivity contribution < 1.29 is 14.3 Å². The smallest absolute Gasteiger partial charge is 0.258 e. The monoisotopic (exact) mass is 392 g/mol. The van der Waals surface area contributed by atoms with Crippen molar-refractivity contribution >= 4 is 11.8 Å². The minimum Gasteiger partial charge on any atom is -0.490 e. The molecule has 0 saturated carbocycles. The molecule has 0 saturated heterocycles. The number of carbonyl (C=O) groups excluding carboxylic acids is 2. The van der Waals surface area contributed by atoms with E-state index in [1.54, 1.807) is 32.2 Å². The summed E-state index contributed by atoms with van der Waals surface area (Å²) in [5.74, 6) is 0.114. The Morgan fingerprint density at radius 3 is 2.34 bits per heavy atom. The first kappa shape index (κ1) is 20.6. The predicted molar refractivity (Wildman–Crippen MR) is 114 cm³/mol. The van der Waals surface area contributed by atoms with Crippen LogP contribution in [0.4, 0.5) is 0 Å². The summed E-state index contributed by atoms with van der Waals surface area (Å²) in [5, 5.41) is 3.11. The fourth-order valence-corrected chi connectivity index (χ4v) is 3.33. The quantitative estimate of drug-likeness (QED) is 0.743. The van der Waals surface area contributed by atoms with Crippen molar-refractivity contribution in [2.75, 3.05) is 7.05 Å². The second kappa shape index (κ2) is 9.41. The molecule has 2 amide bonds. The highest BCUT2D eigenvalue weighted by Crippen LogP contribution is 2.24. The van der Waals surface area contributed by atoms with Crippen LogP contribution < -0.4 is 10.1 Å². The molecule has 1 aliphatic heterocycles. The maximum Gasteiger partial charge on any atom is 0.258 e. The lowest BCUT2D eigenvalue weighted by atomic mass is 10.0. The largest absolute Gasteiger partial charge is 0.490 e. The van der Waals surface area contributed by atoms with E-state index < -0.39 is 6.04 Å². The molecule has 2 aromatic rings. The summed E-state index contributed by atoms with van der Waals surface area (Å²) in [4.78, 5) is 27.5. The van der Waals surface area contributed by atoms with Crippen molar-refractivity contribution in [3.8, 4) is 5.75 Å². The third kappa shape index (κ3) is 5.05. The van der Waals surface area contributed by atoms with Gasteiger partial charge < -0.3 is 15.0 Å². The van der Waals surface area contributed by atoms with E-state index in [9.17, 15) is 9.59 Å². The Morgan fingerprint density at radius 1 is 0.931 bits per heavy atom. The Morgan fingerprint density at radius 2 is 1.59 bits per heavy atom. The van der Waals surface area contributed by atoms with Gasteiger partial charge in [-0.1, -0.05) is 54.6 Å². The predicted octanol–water partition coefficient (Wildman–Crippen LogP) is 4.12. The molecular weight excluding hydrogens is 364 g/mol. The molecule has 152 valence electrons. The highest BCUT2D eigenvalue weighted by atomic mass is 16.5. The van der Waals surface area contributed by atoms with Crippen LogP contribution in [-0.2, 0) is 4.79 Å². The zero-order chi connectivity index (χ0) is 20.8. The summed E-state index contributed by atoms with van der Waals surface area (Å²) in [5.41, 5.74) is 1.50. The number of carbonyl (C=O) groups is 2. The molecule has 0 aliphatic carbocycles. The maximum atomic E-state index is 13.1. The molecule has 5 nitrogen and oxygen atoms in total. The van der Waals surface area contributed by atoms with Crippen molar-refractivity contribution in [2.24, 2.45) is 0 Å². The zero-order valence-corrected chi connectivity index (χ0v) is 17.2. The van der Waals surface area contributed by atoms with Crippen LogP contribution in [0.15, 0.2) is 66.7 Å². The van der Waals surface area contributed by atoms with Crippen molar-refractivity contribution in [3.05, 3.63) is 77.9 Å². The van der Waals surface area contributed by atoms with E-state index in [1.165, 1.54) is 4.90 Å². The van der Waals surface area contributed by atoms with Crippen LogP contribution in [0.1, 0.15) is 48.7 Å². The Balaban J connectivity index is 1.92. The first-order valence-corrected chi connectivity index (χ1v) is 10.0. The average molecular weight is 392 g/mol. The molecule has 0 spiro atoms. The second-order valence-corrected chi connectivity index (χ2v) is 7.43. The SMILES string of the molecule is C[C@@H]1C(=O)N[C@@H](c2ccccc2)C/C=C/C[C@H](C)Oc2ccccc2C(=O)N1C. The van der Waals surface area contributed by atoms with Crippen LogP contribution in [0.3, 0.4) is 0 Å². The van der Waals surface area contributed by atoms with Crippen LogP contribution in [-0.4, -0.2) is 35.9 Å². The van der Waals surface area contributed by atoms with Gasteiger partial charge in [0.1, 0.15) is 11.8 Å². The standard InChI is InChI=1S/C24H28N2O3/c1-17-11-7-9-15-21(19-12-5-4-6-13-19)25-23(27)18(2)26(3)24(28)20-14-8-10-16-22(20)29-17/h4-10,12-14,16-18,21H,11,15H2,1-3H3,(H,25,27)/b9-7+/t17-,18+,21+/m0/s1. The molecule has 3 rings (SSSR count). The van der Waals surface area contributed by atoms with Crippen molar-refractivity contribution in [1.82, 2.24) is 10.2 Å². The molecule has 3 atom stereocenters. The molecular formula is C24H28N2O3.